The van der Waals surface area contributed by atoms with Crippen LogP contribution >= 0.6 is 22.6 Å². The SMILES string of the molecule is Nc1ccc(COc2cccc(I)c2)c(F)c1. The Kier molecular flexibility index (Phi) is 3.83. The second-order valence-corrected chi connectivity index (χ2v) is 4.84. The summed E-state index contributed by atoms with van der Waals surface area (Å²) in [6.45, 7) is 0.201. The number of rotatable bonds is 3. The first kappa shape index (κ1) is 12.2. The zero-order valence-electron chi connectivity index (χ0n) is 8.99. The maximum Gasteiger partial charge on any atom is 0.131 e. The molecule has 17 heavy (non-hydrogen) atoms. The van der Waals surface area contributed by atoms with Gasteiger partial charge in [-0.15, -0.1) is 0 Å². The van der Waals surface area contributed by atoms with Gasteiger partial charge in [0.1, 0.15) is 18.2 Å². The van der Waals surface area contributed by atoms with Crippen molar-refractivity contribution < 1.29 is 9.13 Å². The molecule has 0 aliphatic carbocycles. The Morgan fingerprint density at radius 2 is 2.00 bits per heavy atom. The summed E-state index contributed by atoms with van der Waals surface area (Å²) in [5.41, 5.74) is 6.39. The van der Waals surface area contributed by atoms with Crippen LogP contribution in [0.4, 0.5) is 10.1 Å². The third-order valence-corrected chi connectivity index (χ3v) is 2.94. The molecule has 0 saturated carbocycles. The van der Waals surface area contributed by atoms with Crippen LogP contribution in [0.5, 0.6) is 5.75 Å². The summed E-state index contributed by atoms with van der Waals surface area (Å²) >= 11 is 2.20. The molecule has 0 atom stereocenters. The van der Waals surface area contributed by atoms with Gasteiger partial charge in [0.05, 0.1) is 0 Å². The summed E-state index contributed by atoms with van der Waals surface area (Å²) < 4.78 is 20.1. The standard InChI is InChI=1S/C13H11FINO/c14-13-7-11(16)5-4-9(13)8-17-12-3-1-2-10(15)6-12/h1-7H,8,16H2. The van der Waals surface area contributed by atoms with Crippen molar-refractivity contribution in [1.82, 2.24) is 0 Å². The van der Waals surface area contributed by atoms with Crippen molar-refractivity contribution in [2.24, 2.45) is 0 Å². The summed E-state index contributed by atoms with van der Waals surface area (Å²) in [6, 6.07) is 12.2. The molecule has 0 unspecified atom stereocenters. The van der Waals surface area contributed by atoms with Gasteiger partial charge >= 0.3 is 0 Å². The smallest absolute Gasteiger partial charge is 0.131 e. The number of hydrogen-bond donors (Lipinski definition) is 1. The molecule has 0 heterocycles. The molecule has 0 bridgehead atoms. The molecule has 0 radical (unpaired) electrons. The van der Waals surface area contributed by atoms with Gasteiger partial charge < -0.3 is 10.5 Å². The first-order chi connectivity index (χ1) is 8.15. The summed E-state index contributed by atoms with van der Waals surface area (Å²) in [5.74, 6) is 0.392. The maximum atomic E-state index is 13.5. The van der Waals surface area contributed by atoms with E-state index in [1.165, 1.54) is 6.07 Å². The molecule has 0 amide bonds. The molecule has 0 spiro atoms. The van der Waals surface area contributed by atoms with Gasteiger partial charge in [0.15, 0.2) is 0 Å². The summed E-state index contributed by atoms with van der Waals surface area (Å²) in [7, 11) is 0. The molecule has 0 saturated heterocycles. The van der Waals surface area contributed by atoms with Gasteiger partial charge in [-0.3, -0.25) is 0 Å². The zero-order valence-corrected chi connectivity index (χ0v) is 11.1. The molecular formula is C13H11FINO. The van der Waals surface area contributed by atoms with Gasteiger partial charge in [-0.25, -0.2) is 4.39 Å². The van der Waals surface area contributed by atoms with Crippen LogP contribution in [0.15, 0.2) is 42.5 Å². The molecule has 2 aromatic carbocycles. The zero-order chi connectivity index (χ0) is 12.3. The molecular weight excluding hydrogens is 332 g/mol. The quantitative estimate of drug-likeness (QED) is 0.683. The molecule has 0 aliphatic heterocycles. The third-order valence-electron chi connectivity index (χ3n) is 2.27. The lowest BCUT2D eigenvalue weighted by molar-refractivity contribution is 0.299. The largest absolute Gasteiger partial charge is 0.489 e. The minimum atomic E-state index is -0.337. The number of anilines is 1. The van der Waals surface area contributed by atoms with E-state index in [1.807, 2.05) is 24.3 Å². The van der Waals surface area contributed by atoms with Crippen LogP contribution in [0, 0.1) is 9.39 Å². The number of nitrogens with two attached hydrogens (primary N) is 1. The fourth-order valence-corrected chi connectivity index (χ4v) is 1.91. The van der Waals surface area contributed by atoms with Crippen LogP contribution in [0.3, 0.4) is 0 Å². The van der Waals surface area contributed by atoms with Crippen LogP contribution in [-0.2, 0) is 6.61 Å². The summed E-state index contributed by atoms with van der Waals surface area (Å²) in [6.07, 6.45) is 0. The first-order valence-corrected chi connectivity index (χ1v) is 6.15. The van der Waals surface area contributed by atoms with E-state index in [1.54, 1.807) is 12.1 Å². The second-order valence-electron chi connectivity index (χ2n) is 3.60. The molecule has 2 nitrogen and oxygen atoms in total. The Balaban J connectivity index is 2.07. The number of hydrogen-bond acceptors (Lipinski definition) is 2. The summed E-state index contributed by atoms with van der Waals surface area (Å²) in [5, 5.41) is 0. The minimum Gasteiger partial charge on any atom is -0.489 e. The Morgan fingerprint density at radius 1 is 1.18 bits per heavy atom. The van der Waals surface area contributed by atoms with Crippen LogP contribution in [0.1, 0.15) is 5.56 Å². The van der Waals surface area contributed by atoms with E-state index >= 15 is 0 Å². The van der Waals surface area contributed by atoms with E-state index in [0.29, 0.717) is 11.3 Å². The van der Waals surface area contributed by atoms with E-state index < -0.39 is 0 Å². The lowest BCUT2D eigenvalue weighted by atomic mass is 10.2. The molecule has 0 fully saturated rings. The van der Waals surface area contributed by atoms with E-state index in [-0.39, 0.29) is 12.4 Å². The average molecular weight is 343 g/mol. The molecule has 2 aromatic rings. The van der Waals surface area contributed by atoms with Crippen molar-refractivity contribution in [3.05, 3.63) is 57.4 Å². The van der Waals surface area contributed by atoms with E-state index in [2.05, 4.69) is 22.6 Å². The molecule has 0 aromatic heterocycles. The van der Waals surface area contributed by atoms with Crippen LogP contribution in [0.2, 0.25) is 0 Å². The van der Waals surface area contributed by atoms with Gasteiger partial charge in [0, 0.05) is 14.8 Å². The van der Waals surface area contributed by atoms with Crippen molar-refractivity contribution in [3.63, 3.8) is 0 Å². The molecule has 88 valence electrons. The van der Waals surface area contributed by atoms with E-state index in [9.17, 15) is 4.39 Å². The predicted octanol–water partition coefficient (Wildman–Crippen LogP) is 3.59. The topological polar surface area (TPSA) is 35.2 Å². The minimum absolute atomic E-state index is 0.201. The van der Waals surface area contributed by atoms with Crippen molar-refractivity contribution in [2.45, 2.75) is 6.61 Å². The first-order valence-electron chi connectivity index (χ1n) is 5.07. The van der Waals surface area contributed by atoms with Gasteiger partial charge in [-0.1, -0.05) is 12.1 Å². The molecule has 2 N–H and O–H groups in total. The highest BCUT2D eigenvalue weighted by atomic mass is 127. The molecule has 4 heteroatoms. The highest BCUT2D eigenvalue weighted by Crippen LogP contribution is 2.18. The van der Waals surface area contributed by atoms with Crippen molar-refractivity contribution in [2.75, 3.05) is 5.73 Å². The van der Waals surface area contributed by atoms with Crippen LogP contribution in [0.25, 0.3) is 0 Å². The fraction of sp³-hybridized carbons (Fsp3) is 0.0769. The Bertz CT molecular complexity index is 531. The number of benzene rings is 2. The number of nitrogen functional groups attached to an aromatic ring is 1. The third kappa shape index (κ3) is 3.33. The Morgan fingerprint density at radius 3 is 2.71 bits per heavy atom. The van der Waals surface area contributed by atoms with Crippen molar-refractivity contribution >= 4 is 28.3 Å². The highest BCUT2D eigenvalue weighted by Gasteiger charge is 2.03. The Labute approximate surface area is 113 Å². The molecule has 2 rings (SSSR count). The number of ether oxygens (including phenoxy) is 1. The van der Waals surface area contributed by atoms with E-state index in [4.69, 9.17) is 10.5 Å². The average Bonchev–Trinajstić information content (AvgIpc) is 2.28. The van der Waals surface area contributed by atoms with Crippen LogP contribution < -0.4 is 10.5 Å². The number of halogens is 2. The lowest BCUT2D eigenvalue weighted by Crippen LogP contribution is -1.99. The lowest BCUT2D eigenvalue weighted by Gasteiger charge is -2.07. The van der Waals surface area contributed by atoms with E-state index in [0.717, 1.165) is 9.32 Å². The predicted molar refractivity (Wildman–Crippen MR) is 74.3 cm³/mol. The normalized spacial score (nSPS) is 10.2. The molecule has 0 aliphatic rings. The van der Waals surface area contributed by atoms with Gasteiger partial charge in [0.25, 0.3) is 0 Å². The van der Waals surface area contributed by atoms with Crippen molar-refractivity contribution in [3.8, 4) is 5.75 Å². The van der Waals surface area contributed by atoms with Gasteiger partial charge in [0.2, 0.25) is 0 Å². The van der Waals surface area contributed by atoms with Crippen LogP contribution in [-0.4, -0.2) is 0 Å². The van der Waals surface area contributed by atoms with Gasteiger partial charge in [-0.05, 0) is 52.9 Å². The fourth-order valence-electron chi connectivity index (χ4n) is 1.40. The van der Waals surface area contributed by atoms with Crippen molar-refractivity contribution in [1.29, 1.82) is 0 Å². The highest BCUT2D eigenvalue weighted by molar-refractivity contribution is 14.1. The maximum absolute atomic E-state index is 13.5. The Hall–Kier alpha value is -1.30. The monoisotopic (exact) mass is 343 g/mol. The van der Waals surface area contributed by atoms with Gasteiger partial charge in [-0.2, -0.15) is 0 Å². The second kappa shape index (κ2) is 5.35. The summed E-state index contributed by atoms with van der Waals surface area (Å²) in [4.78, 5) is 0.